The number of thiazole rings is 1. The Bertz CT molecular complexity index is 512. The molecule has 0 spiro atoms. The number of benzene rings is 1. The topological polar surface area (TPSA) is 34.1 Å². The Labute approximate surface area is 122 Å². The van der Waals surface area contributed by atoms with Crippen molar-refractivity contribution < 1.29 is 4.74 Å². The Morgan fingerprint density at radius 3 is 2.74 bits per heavy atom. The molecule has 1 unspecified atom stereocenters. The zero-order chi connectivity index (χ0) is 13.7. The van der Waals surface area contributed by atoms with Gasteiger partial charge in [-0.15, -0.1) is 11.3 Å². The third-order valence-corrected chi connectivity index (χ3v) is 3.76. The van der Waals surface area contributed by atoms with Gasteiger partial charge in [0.25, 0.3) is 0 Å². The van der Waals surface area contributed by atoms with E-state index in [1.807, 2.05) is 24.3 Å². The van der Waals surface area contributed by atoms with Gasteiger partial charge in [0.15, 0.2) is 0 Å². The summed E-state index contributed by atoms with van der Waals surface area (Å²) in [5, 5.41) is 4.35. The molecule has 0 bridgehead atoms. The van der Waals surface area contributed by atoms with E-state index < -0.39 is 0 Å². The highest BCUT2D eigenvalue weighted by Gasteiger charge is 2.05. The third-order valence-electron chi connectivity index (χ3n) is 2.65. The van der Waals surface area contributed by atoms with Crippen molar-refractivity contribution in [3.05, 3.63) is 45.4 Å². The first-order valence-corrected chi connectivity index (χ1v) is 7.36. The van der Waals surface area contributed by atoms with Gasteiger partial charge < -0.3 is 10.1 Å². The minimum atomic E-state index is 0.254. The summed E-state index contributed by atoms with van der Waals surface area (Å²) >= 11 is 7.33. The zero-order valence-corrected chi connectivity index (χ0v) is 12.6. The van der Waals surface area contributed by atoms with E-state index in [1.165, 1.54) is 16.9 Å². The van der Waals surface area contributed by atoms with E-state index in [2.05, 4.69) is 24.1 Å². The van der Waals surface area contributed by atoms with Gasteiger partial charge in [0.2, 0.25) is 0 Å². The van der Waals surface area contributed by atoms with Crippen LogP contribution in [-0.4, -0.2) is 17.6 Å². The molecule has 0 aliphatic heterocycles. The zero-order valence-electron chi connectivity index (χ0n) is 11.0. The number of nitrogens with one attached hydrogen (secondary N) is 1. The first-order chi connectivity index (χ1) is 9.13. The van der Waals surface area contributed by atoms with Gasteiger partial charge in [-0.05, 0) is 26.0 Å². The molecule has 2 aromatic rings. The van der Waals surface area contributed by atoms with Crippen LogP contribution in [0.4, 0.5) is 0 Å². The van der Waals surface area contributed by atoms with Crippen molar-refractivity contribution in [3.8, 4) is 5.75 Å². The van der Waals surface area contributed by atoms with Gasteiger partial charge in [-0.1, -0.05) is 29.3 Å². The average Bonchev–Trinajstić information content (AvgIpc) is 2.81. The molecule has 0 aliphatic carbocycles. The van der Waals surface area contributed by atoms with Gasteiger partial charge in [0, 0.05) is 12.6 Å². The summed E-state index contributed by atoms with van der Waals surface area (Å²) in [6, 6.07) is 8.32. The summed E-state index contributed by atoms with van der Waals surface area (Å²) in [6.45, 7) is 5.49. The molecule has 3 nitrogen and oxygen atoms in total. The Morgan fingerprint density at radius 1 is 1.37 bits per heavy atom. The number of ether oxygens (including phenoxy) is 1. The van der Waals surface area contributed by atoms with Crippen LogP contribution in [0, 0.1) is 6.92 Å². The number of nitrogens with zero attached hydrogens (tertiary/aromatic N) is 1. The molecule has 0 radical (unpaired) electrons. The third kappa shape index (κ3) is 4.82. The number of rotatable bonds is 6. The second-order valence-electron chi connectivity index (χ2n) is 4.46. The number of aryl methyl sites for hydroxylation is 1. The summed E-state index contributed by atoms with van der Waals surface area (Å²) in [7, 11) is 0. The van der Waals surface area contributed by atoms with Gasteiger partial charge in [-0.2, -0.15) is 0 Å². The predicted molar refractivity (Wildman–Crippen MR) is 80.1 cm³/mol. The first-order valence-electron chi connectivity index (χ1n) is 6.16. The van der Waals surface area contributed by atoms with Crippen LogP contribution in [-0.2, 0) is 6.54 Å². The van der Waals surface area contributed by atoms with Gasteiger partial charge in [0.1, 0.15) is 21.7 Å². The van der Waals surface area contributed by atoms with Gasteiger partial charge >= 0.3 is 0 Å². The number of aromatic nitrogens is 1. The molecule has 5 heteroatoms. The summed E-state index contributed by atoms with van der Waals surface area (Å²) < 4.78 is 6.43. The minimum absolute atomic E-state index is 0.254. The summed E-state index contributed by atoms with van der Waals surface area (Å²) in [5.41, 5.74) is 1.24. The van der Waals surface area contributed by atoms with E-state index in [0.29, 0.717) is 6.61 Å². The smallest absolute Gasteiger partial charge is 0.119 e. The van der Waals surface area contributed by atoms with E-state index >= 15 is 0 Å². The highest BCUT2D eigenvalue weighted by atomic mass is 35.5. The van der Waals surface area contributed by atoms with Crippen molar-refractivity contribution in [3.63, 3.8) is 0 Å². The molecule has 1 aromatic carbocycles. The maximum absolute atomic E-state index is 5.83. The first kappa shape index (κ1) is 14.3. The van der Waals surface area contributed by atoms with Gasteiger partial charge in [-0.3, -0.25) is 0 Å². The number of hydrogen-bond acceptors (Lipinski definition) is 4. The van der Waals surface area contributed by atoms with Gasteiger partial charge in [0.05, 0.1) is 6.20 Å². The van der Waals surface area contributed by atoms with Crippen LogP contribution in [0.3, 0.4) is 0 Å². The Balaban J connectivity index is 1.72. The maximum atomic E-state index is 5.83. The molecule has 1 N–H and O–H groups in total. The van der Waals surface area contributed by atoms with Crippen molar-refractivity contribution in [2.45, 2.75) is 26.4 Å². The maximum Gasteiger partial charge on any atom is 0.119 e. The summed E-state index contributed by atoms with van der Waals surface area (Å²) in [4.78, 5) is 4.20. The fraction of sp³-hybridized carbons (Fsp3) is 0.357. The second-order valence-corrected chi connectivity index (χ2v) is 6.21. The molecule has 19 heavy (non-hydrogen) atoms. The van der Waals surface area contributed by atoms with E-state index in [4.69, 9.17) is 16.3 Å². The largest absolute Gasteiger partial charge is 0.492 e. The SMILES string of the molecule is Cc1ccc(OCC(C)NCc2ncc(Cl)s2)cc1. The highest BCUT2D eigenvalue weighted by molar-refractivity contribution is 7.15. The summed E-state index contributed by atoms with van der Waals surface area (Å²) in [5.74, 6) is 0.900. The van der Waals surface area contributed by atoms with Crippen molar-refractivity contribution in [2.24, 2.45) is 0 Å². The lowest BCUT2D eigenvalue weighted by atomic mass is 10.2. The van der Waals surface area contributed by atoms with Crippen LogP contribution in [0.25, 0.3) is 0 Å². The Hall–Kier alpha value is -1.10. The van der Waals surface area contributed by atoms with Crippen LogP contribution in [0.2, 0.25) is 4.34 Å². The van der Waals surface area contributed by atoms with Crippen LogP contribution in [0.5, 0.6) is 5.75 Å². The molecular weight excluding hydrogens is 280 g/mol. The number of hydrogen-bond donors (Lipinski definition) is 1. The van der Waals surface area contributed by atoms with Crippen LogP contribution in [0.15, 0.2) is 30.5 Å². The molecule has 0 aliphatic rings. The standard InChI is InChI=1S/C14H17ClN2OS/c1-10-3-5-12(6-4-10)18-9-11(2)16-8-14-17-7-13(15)19-14/h3-7,11,16H,8-9H2,1-2H3. The highest BCUT2D eigenvalue weighted by Crippen LogP contribution is 2.18. The van der Waals surface area contributed by atoms with Crippen molar-refractivity contribution >= 4 is 22.9 Å². The average molecular weight is 297 g/mol. The Kier molecular flexibility index (Phi) is 5.19. The van der Waals surface area contributed by atoms with Crippen LogP contribution >= 0.6 is 22.9 Å². The fourth-order valence-electron chi connectivity index (χ4n) is 1.55. The lowest BCUT2D eigenvalue weighted by molar-refractivity contribution is 0.272. The Morgan fingerprint density at radius 2 is 2.11 bits per heavy atom. The van der Waals surface area contributed by atoms with E-state index in [-0.39, 0.29) is 6.04 Å². The normalized spacial score (nSPS) is 12.4. The monoisotopic (exact) mass is 296 g/mol. The molecule has 0 amide bonds. The molecule has 2 rings (SSSR count). The molecule has 1 aromatic heterocycles. The fourth-order valence-corrected chi connectivity index (χ4v) is 2.45. The van der Waals surface area contributed by atoms with Crippen LogP contribution in [0.1, 0.15) is 17.5 Å². The molecule has 0 saturated heterocycles. The predicted octanol–water partition coefficient (Wildman–Crippen LogP) is 3.66. The van der Waals surface area contributed by atoms with Gasteiger partial charge in [-0.25, -0.2) is 4.98 Å². The molecule has 1 atom stereocenters. The van der Waals surface area contributed by atoms with E-state index in [9.17, 15) is 0 Å². The minimum Gasteiger partial charge on any atom is -0.492 e. The second kappa shape index (κ2) is 6.89. The molecular formula is C14H17ClN2OS. The molecule has 0 saturated carbocycles. The lowest BCUT2D eigenvalue weighted by Crippen LogP contribution is -2.31. The van der Waals surface area contributed by atoms with E-state index in [0.717, 1.165) is 21.6 Å². The molecule has 1 heterocycles. The molecule has 102 valence electrons. The van der Waals surface area contributed by atoms with Crippen molar-refractivity contribution in [1.82, 2.24) is 10.3 Å². The van der Waals surface area contributed by atoms with Crippen molar-refractivity contribution in [2.75, 3.05) is 6.61 Å². The van der Waals surface area contributed by atoms with E-state index in [1.54, 1.807) is 6.20 Å². The summed E-state index contributed by atoms with van der Waals surface area (Å²) in [6.07, 6.45) is 1.68. The van der Waals surface area contributed by atoms with Crippen molar-refractivity contribution in [1.29, 1.82) is 0 Å². The number of halogens is 1. The lowest BCUT2D eigenvalue weighted by Gasteiger charge is -2.14. The molecule has 0 fully saturated rings. The quantitative estimate of drug-likeness (QED) is 0.883. The van der Waals surface area contributed by atoms with Crippen LogP contribution < -0.4 is 10.1 Å².